The maximum atomic E-state index is 13.1. The van der Waals surface area contributed by atoms with Crippen LogP contribution in [-0.2, 0) is 26.5 Å². The largest absolute Gasteiger partial charge is 0.243 e. The van der Waals surface area contributed by atoms with Gasteiger partial charge in [-0.2, -0.15) is 4.31 Å². The second kappa shape index (κ2) is 8.05. The molecule has 1 aliphatic heterocycles. The van der Waals surface area contributed by atoms with E-state index in [9.17, 15) is 21.2 Å². The molecular formula is C18H21FN2O4S2. The molecule has 3 rings (SSSR count). The smallest absolute Gasteiger partial charge is 0.211 e. The molecule has 1 fully saturated rings. The van der Waals surface area contributed by atoms with Gasteiger partial charge in [-0.1, -0.05) is 12.1 Å². The molecule has 0 bridgehead atoms. The summed E-state index contributed by atoms with van der Waals surface area (Å²) in [5.41, 5.74) is 0.685. The Balaban J connectivity index is 1.66. The predicted octanol–water partition coefficient (Wildman–Crippen LogP) is 2.13. The van der Waals surface area contributed by atoms with Gasteiger partial charge in [-0.3, -0.25) is 0 Å². The quantitative estimate of drug-likeness (QED) is 0.755. The van der Waals surface area contributed by atoms with E-state index in [1.165, 1.54) is 40.7 Å². The van der Waals surface area contributed by atoms with Gasteiger partial charge < -0.3 is 0 Å². The molecule has 0 radical (unpaired) electrons. The van der Waals surface area contributed by atoms with E-state index in [1.54, 1.807) is 12.1 Å². The average molecular weight is 413 g/mol. The minimum Gasteiger partial charge on any atom is -0.211 e. The zero-order chi connectivity index (χ0) is 19.5. The standard InChI is InChI=1S/C18H21FN2O4S2/c19-16-5-3-4-15(14-16)10-11-20-26(22,23)17-6-8-18(9-7-17)27(24,25)21-12-1-2-13-21/h3-9,14,20H,1-2,10-13H2. The maximum absolute atomic E-state index is 13.1. The summed E-state index contributed by atoms with van der Waals surface area (Å²) in [6.45, 7) is 1.09. The van der Waals surface area contributed by atoms with E-state index in [0.717, 1.165) is 12.8 Å². The predicted molar refractivity (Wildman–Crippen MR) is 99.7 cm³/mol. The van der Waals surface area contributed by atoms with Gasteiger partial charge in [-0.05, 0) is 61.2 Å². The summed E-state index contributed by atoms with van der Waals surface area (Å²) in [4.78, 5) is 0.0743. The van der Waals surface area contributed by atoms with E-state index in [2.05, 4.69) is 4.72 Å². The van der Waals surface area contributed by atoms with E-state index < -0.39 is 20.0 Å². The molecular weight excluding hydrogens is 391 g/mol. The lowest BCUT2D eigenvalue weighted by Gasteiger charge is -2.15. The van der Waals surface area contributed by atoms with Crippen LogP contribution < -0.4 is 4.72 Å². The number of hydrogen-bond acceptors (Lipinski definition) is 4. The Kier molecular flexibility index (Phi) is 5.95. The highest BCUT2D eigenvalue weighted by Crippen LogP contribution is 2.22. The van der Waals surface area contributed by atoms with Gasteiger partial charge in [0.05, 0.1) is 9.79 Å². The molecule has 1 heterocycles. The summed E-state index contributed by atoms with van der Waals surface area (Å²) in [5.74, 6) is -0.370. The van der Waals surface area contributed by atoms with Crippen molar-refractivity contribution in [3.05, 3.63) is 59.9 Å². The molecule has 0 saturated carbocycles. The van der Waals surface area contributed by atoms with E-state index >= 15 is 0 Å². The van der Waals surface area contributed by atoms with E-state index in [4.69, 9.17) is 0 Å². The van der Waals surface area contributed by atoms with Crippen LogP contribution in [0, 0.1) is 5.82 Å². The Hall–Kier alpha value is -1.81. The van der Waals surface area contributed by atoms with E-state index in [1.807, 2.05) is 0 Å². The molecule has 1 saturated heterocycles. The fourth-order valence-corrected chi connectivity index (χ4v) is 5.52. The topological polar surface area (TPSA) is 83.5 Å². The maximum Gasteiger partial charge on any atom is 0.243 e. The SMILES string of the molecule is O=S(=O)(NCCc1cccc(F)c1)c1ccc(S(=O)(=O)N2CCCC2)cc1. The molecule has 0 atom stereocenters. The van der Waals surface area contributed by atoms with Crippen molar-refractivity contribution in [3.63, 3.8) is 0 Å². The van der Waals surface area contributed by atoms with Gasteiger partial charge in [-0.25, -0.2) is 25.9 Å². The van der Waals surface area contributed by atoms with E-state index in [0.29, 0.717) is 25.1 Å². The molecule has 2 aromatic carbocycles. The van der Waals surface area contributed by atoms with Gasteiger partial charge in [0.2, 0.25) is 20.0 Å². The van der Waals surface area contributed by atoms with Crippen LogP contribution in [0.3, 0.4) is 0 Å². The molecule has 6 nitrogen and oxygen atoms in total. The lowest BCUT2D eigenvalue weighted by molar-refractivity contribution is 0.477. The molecule has 146 valence electrons. The third kappa shape index (κ3) is 4.73. The highest BCUT2D eigenvalue weighted by atomic mass is 32.2. The second-order valence-corrected chi connectivity index (χ2v) is 10.1. The summed E-state index contributed by atoms with van der Waals surface area (Å²) >= 11 is 0. The van der Waals surface area contributed by atoms with Crippen molar-refractivity contribution < 1.29 is 21.2 Å². The lowest BCUT2D eigenvalue weighted by Crippen LogP contribution is -2.28. The molecule has 2 aromatic rings. The lowest BCUT2D eigenvalue weighted by atomic mass is 10.1. The van der Waals surface area contributed by atoms with Gasteiger partial charge in [-0.15, -0.1) is 0 Å². The first-order chi connectivity index (χ1) is 12.8. The van der Waals surface area contributed by atoms with Crippen molar-refractivity contribution in [2.24, 2.45) is 0 Å². The average Bonchev–Trinajstić information content (AvgIpc) is 3.17. The first-order valence-corrected chi connectivity index (χ1v) is 11.6. The van der Waals surface area contributed by atoms with Crippen LogP contribution in [0.15, 0.2) is 58.3 Å². The molecule has 9 heteroatoms. The van der Waals surface area contributed by atoms with E-state index in [-0.39, 0.29) is 22.2 Å². The van der Waals surface area contributed by atoms with Gasteiger partial charge in [0.15, 0.2) is 0 Å². The zero-order valence-electron chi connectivity index (χ0n) is 14.6. The first kappa shape index (κ1) is 19.9. The Morgan fingerprint density at radius 3 is 2.19 bits per heavy atom. The summed E-state index contributed by atoms with van der Waals surface area (Å²) < 4.78 is 66.7. The Labute approximate surface area is 159 Å². The van der Waals surface area contributed by atoms with Crippen LogP contribution in [0.25, 0.3) is 0 Å². The van der Waals surface area contributed by atoms with Crippen molar-refractivity contribution in [2.75, 3.05) is 19.6 Å². The van der Waals surface area contributed by atoms with Gasteiger partial charge in [0, 0.05) is 19.6 Å². The van der Waals surface area contributed by atoms with Crippen molar-refractivity contribution >= 4 is 20.0 Å². The van der Waals surface area contributed by atoms with Crippen molar-refractivity contribution in [2.45, 2.75) is 29.1 Å². The molecule has 0 spiro atoms. The molecule has 1 N–H and O–H groups in total. The van der Waals surface area contributed by atoms with Crippen LogP contribution >= 0.6 is 0 Å². The molecule has 0 unspecified atom stereocenters. The van der Waals surface area contributed by atoms with Gasteiger partial charge >= 0.3 is 0 Å². The number of nitrogens with one attached hydrogen (secondary N) is 1. The monoisotopic (exact) mass is 412 g/mol. The summed E-state index contributed by atoms with van der Waals surface area (Å²) in [7, 11) is -7.35. The Morgan fingerprint density at radius 1 is 0.926 bits per heavy atom. The summed E-state index contributed by atoms with van der Waals surface area (Å²) in [6, 6.07) is 11.2. The van der Waals surface area contributed by atoms with Crippen LogP contribution in [0.2, 0.25) is 0 Å². The number of halogens is 1. The van der Waals surface area contributed by atoms with Crippen molar-refractivity contribution in [1.29, 1.82) is 0 Å². The third-order valence-electron chi connectivity index (χ3n) is 4.43. The van der Waals surface area contributed by atoms with Crippen LogP contribution in [0.5, 0.6) is 0 Å². The number of sulfonamides is 2. The normalized spacial score (nSPS) is 15.9. The minimum absolute atomic E-state index is 0.0119. The minimum atomic E-state index is -3.77. The second-order valence-electron chi connectivity index (χ2n) is 6.36. The number of rotatable bonds is 7. The number of benzene rings is 2. The third-order valence-corrected chi connectivity index (χ3v) is 7.82. The summed E-state index contributed by atoms with van der Waals surface area (Å²) in [6.07, 6.45) is 2.01. The summed E-state index contributed by atoms with van der Waals surface area (Å²) in [5, 5.41) is 0. The fourth-order valence-electron chi connectivity index (χ4n) is 2.97. The number of nitrogens with zero attached hydrogens (tertiary/aromatic N) is 1. The van der Waals surface area contributed by atoms with Crippen molar-refractivity contribution in [1.82, 2.24) is 9.03 Å². The highest BCUT2D eigenvalue weighted by molar-refractivity contribution is 7.89. The molecule has 0 aromatic heterocycles. The van der Waals surface area contributed by atoms with Crippen molar-refractivity contribution in [3.8, 4) is 0 Å². The zero-order valence-corrected chi connectivity index (χ0v) is 16.3. The van der Waals surface area contributed by atoms with Gasteiger partial charge in [0.25, 0.3) is 0 Å². The van der Waals surface area contributed by atoms with Crippen LogP contribution in [-0.4, -0.2) is 40.8 Å². The molecule has 0 amide bonds. The van der Waals surface area contributed by atoms with Crippen LogP contribution in [0.1, 0.15) is 18.4 Å². The molecule has 1 aliphatic rings. The number of hydrogen-bond donors (Lipinski definition) is 1. The first-order valence-electron chi connectivity index (χ1n) is 8.63. The molecule has 27 heavy (non-hydrogen) atoms. The van der Waals surface area contributed by atoms with Crippen LogP contribution in [0.4, 0.5) is 4.39 Å². The Bertz CT molecular complexity index is 1000. The van der Waals surface area contributed by atoms with Gasteiger partial charge in [0.1, 0.15) is 5.82 Å². The molecule has 0 aliphatic carbocycles. The Morgan fingerprint density at radius 2 is 1.56 bits per heavy atom. The fraction of sp³-hybridized carbons (Fsp3) is 0.333. The highest BCUT2D eigenvalue weighted by Gasteiger charge is 2.27.